The second kappa shape index (κ2) is 7.92. The Hall–Kier alpha value is -1.91. The summed E-state index contributed by atoms with van der Waals surface area (Å²) in [6, 6.07) is 14.8. The fourth-order valence-electron chi connectivity index (χ4n) is 2.38. The molecule has 0 fully saturated rings. The maximum absolute atomic E-state index is 13.0. The summed E-state index contributed by atoms with van der Waals surface area (Å²) in [5.41, 5.74) is 2.26. The van der Waals surface area contributed by atoms with Gasteiger partial charge in [0.2, 0.25) is 0 Å². The summed E-state index contributed by atoms with van der Waals surface area (Å²) >= 11 is 0. The van der Waals surface area contributed by atoms with E-state index in [4.69, 9.17) is 9.47 Å². The van der Waals surface area contributed by atoms with Gasteiger partial charge in [-0.2, -0.15) is 0 Å². The SMILES string of the molecule is COCOc1cccc(C(Cc2ccc(F)cc2)N(C)C)c1. The van der Waals surface area contributed by atoms with Gasteiger partial charge >= 0.3 is 0 Å². The standard InChI is InChI=1S/C18H22FNO2/c1-20(2)18(11-14-7-9-16(19)10-8-14)15-5-4-6-17(12-15)22-13-21-3/h4-10,12,18H,11,13H2,1-3H3. The second-order valence-corrected chi connectivity index (χ2v) is 5.43. The van der Waals surface area contributed by atoms with Gasteiger partial charge in [-0.15, -0.1) is 0 Å². The minimum Gasteiger partial charge on any atom is -0.468 e. The van der Waals surface area contributed by atoms with Gasteiger partial charge in [0.15, 0.2) is 6.79 Å². The fraction of sp³-hybridized carbons (Fsp3) is 0.333. The third-order valence-electron chi connectivity index (χ3n) is 3.55. The Kier molecular flexibility index (Phi) is 5.92. The van der Waals surface area contributed by atoms with Gasteiger partial charge in [0, 0.05) is 13.2 Å². The lowest BCUT2D eigenvalue weighted by Crippen LogP contribution is -2.22. The van der Waals surface area contributed by atoms with Crippen LogP contribution >= 0.6 is 0 Å². The molecule has 0 saturated heterocycles. The molecule has 1 atom stereocenters. The van der Waals surface area contributed by atoms with Crippen LogP contribution in [0.2, 0.25) is 0 Å². The highest BCUT2D eigenvalue weighted by Crippen LogP contribution is 2.26. The van der Waals surface area contributed by atoms with Crippen LogP contribution in [0, 0.1) is 5.82 Å². The number of hydrogen-bond donors (Lipinski definition) is 0. The number of likely N-dealkylation sites (N-methyl/N-ethyl adjacent to an activating group) is 1. The minimum atomic E-state index is -0.208. The highest BCUT2D eigenvalue weighted by atomic mass is 19.1. The molecule has 4 heteroatoms. The third-order valence-corrected chi connectivity index (χ3v) is 3.55. The molecule has 0 aliphatic heterocycles. The normalized spacial score (nSPS) is 12.4. The smallest absolute Gasteiger partial charge is 0.188 e. The van der Waals surface area contributed by atoms with Crippen molar-refractivity contribution in [2.75, 3.05) is 28.0 Å². The van der Waals surface area contributed by atoms with Gasteiger partial charge in [0.1, 0.15) is 11.6 Å². The molecule has 2 aromatic rings. The summed E-state index contributed by atoms with van der Waals surface area (Å²) in [7, 11) is 5.68. The average molecular weight is 303 g/mol. The number of nitrogens with zero attached hydrogens (tertiary/aromatic N) is 1. The largest absolute Gasteiger partial charge is 0.468 e. The van der Waals surface area contributed by atoms with Crippen molar-refractivity contribution in [1.29, 1.82) is 0 Å². The summed E-state index contributed by atoms with van der Waals surface area (Å²) in [4.78, 5) is 2.15. The fourth-order valence-corrected chi connectivity index (χ4v) is 2.38. The van der Waals surface area contributed by atoms with Crippen molar-refractivity contribution in [3.05, 3.63) is 65.5 Å². The van der Waals surface area contributed by atoms with Crippen LogP contribution in [0.1, 0.15) is 17.2 Å². The first-order valence-electron chi connectivity index (χ1n) is 7.22. The van der Waals surface area contributed by atoms with Crippen molar-refractivity contribution >= 4 is 0 Å². The lowest BCUT2D eigenvalue weighted by molar-refractivity contribution is 0.0510. The zero-order valence-electron chi connectivity index (χ0n) is 13.3. The zero-order chi connectivity index (χ0) is 15.9. The van der Waals surface area contributed by atoms with Crippen LogP contribution in [0.15, 0.2) is 48.5 Å². The summed E-state index contributed by atoms with van der Waals surface area (Å²) < 4.78 is 23.5. The van der Waals surface area contributed by atoms with Gasteiger partial charge in [0.25, 0.3) is 0 Å². The Morgan fingerprint density at radius 3 is 2.45 bits per heavy atom. The molecule has 0 radical (unpaired) electrons. The molecule has 0 aliphatic carbocycles. The number of hydrogen-bond acceptors (Lipinski definition) is 3. The molecule has 0 N–H and O–H groups in total. The molecule has 0 spiro atoms. The molecule has 0 saturated carbocycles. The molecule has 2 aromatic carbocycles. The first kappa shape index (κ1) is 16.5. The van der Waals surface area contributed by atoms with E-state index in [1.807, 2.05) is 44.4 Å². The molecular weight excluding hydrogens is 281 g/mol. The van der Waals surface area contributed by atoms with E-state index in [0.29, 0.717) is 0 Å². The quantitative estimate of drug-likeness (QED) is 0.729. The summed E-state index contributed by atoms with van der Waals surface area (Å²) in [6.45, 7) is 0.230. The molecule has 0 heterocycles. The minimum absolute atomic E-state index is 0.191. The van der Waals surface area contributed by atoms with Gasteiger partial charge in [-0.25, -0.2) is 4.39 Å². The molecule has 118 valence electrons. The highest BCUT2D eigenvalue weighted by Gasteiger charge is 2.15. The Labute approximate surface area is 131 Å². The monoisotopic (exact) mass is 303 g/mol. The van der Waals surface area contributed by atoms with E-state index < -0.39 is 0 Å². The van der Waals surface area contributed by atoms with Crippen molar-refractivity contribution in [2.45, 2.75) is 12.5 Å². The summed E-state index contributed by atoms with van der Waals surface area (Å²) in [6.07, 6.45) is 0.807. The van der Waals surface area contributed by atoms with Crippen molar-refractivity contribution in [3.8, 4) is 5.75 Å². The summed E-state index contributed by atoms with van der Waals surface area (Å²) in [5, 5.41) is 0. The lowest BCUT2D eigenvalue weighted by Gasteiger charge is -2.25. The van der Waals surface area contributed by atoms with E-state index >= 15 is 0 Å². The highest BCUT2D eigenvalue weighted by molar-refractivity contribution is 5.32. The van der Waals surface area contributed by atoms with Crippen LogP contribution in [0.25, 0.3) is 0 Å². The number of halogens is 1. The van der Waals surface area contributed by atoms with E-state index in [0.717, 1.165) is 23.3 Å². The number of ether oxygens (including phenoxy) is 2. The van der Waals surface area contributed by atoms with Crippen LogP contribution in [0.4, 0.5) is 4.39 Å². The molecule has 0 aliphatic rings. The van der Waals surface area contributed by atoms with Crippen molar-refractivity contribution in [3.63, 3.8) is 0 Å². The lowest BCUT2D eigenvalue weighted by atomic mass is 9.98. The number of methoxy groups -OCH3 is 1. The summed E-state index contributed by atoms with van der Waals surface area (Å²) in [5.74, 6) is 0.574. The van der Waals surface area contributed by atoms with Crippen LogP contribution in [0.5, 0.6) is 5.75 Å². The number of rotatable bonds is 7. The zero-order valence-corrected chi connectivity index (χ0v) is 13.3. The van der Waals surface area contributed by atoms with Gasteiger partial charge in [-0.05, 0) is 55.9 Å². The molecule has 2 rings (SSSR count). The maximum Gasteiger partial charge on any atom is 0.188 e. The Morgan fingerprint density at radius 2 is 1.82 bits per heavy atom. The van der Waals surface area contributed by atoms with Crippen LogP contribution in [-0.4, -0.2) is 32.9 Å². The average Bonchev–Trinajstić information content (AvgIpc) is 2.52. The van der Waals surface area contributed by atoms with E-state index in [-0.39, 0.29) is 18.7 Å². The molecular formula is C18H22FNO2. The Bertz CT molecular complexity index is 584. The second-order valence-electron chi connectivity index (χ2n) is 5.43. The first-order chi connectivity index (χ1) is 10.6. The van der Waals surface area contributed by atoms with Crippen molar-refractivity contribution in [2.24, 2.45) is 0 Å². The molecule has 0 bridgehead atoms. The first-order valence-corrected chi connectivity index (χ1v) is 7.22. The maximum atomic E-state index is 13.0. The predicted molar refractivity (Wildman–Crippen MR) is 85.5 cm³/mol. The molecule has 22 heavy (non-hydrogen) atoms. The van der Waals surface area contributed by atoms with Crippen molar-refractivity contribution in [1.82, 2.24) is 4.90 Å². The predicted octanol–water partition coefficient (Wildman–Crippen LogP) is 3.65. The van der Waals surface area contributed by atoms with Gasteiger partial charge in [0.05, 0.1) is 0 Å². The van der Waals surface area contributed by atoms with E-state index in [9.17, 15) is 4.39 Å². The molecule has 0 aromatic heterocycles. The van der Waals surface area contributed by atoms with Gasteiger partial charge < -0.3 is 14.4 Å². The Morgan fingerprint density at radius 1 is 1.09 bits per heavy atom. The van der Waals surface area contributed by atoms with E-state index in [2.05, 4.69) is 11.0 Å². The van der Waals surface area contributed by atoms with Gasteiger partial charge in [-0.3, -0.25) is 0 Å². The van der Waals surface area contributed by atoms with E-state index in [1.54, 1.807) is 7.11 Å². The van der Waals surface area contributed by atoms with Crippen LogP contribution in [0.3, 0.4) is 0 Å². The van der Waals surface area contributed by atoms with Crippen LogP contribution < -0.4 is 4.74 Å². The number of benzene rings is 2. The van der Waals surface area contributed by atoms with E-state index in [1.165, 1.54) is 12.1 Å². The topological polar surface area (TPSA) is 21.7 Å². The molecule has 0 amide bonds. The van der Waals surface area contributed by atoms with Crippen LogP contribution in [-0.2, 0) is 11.2 Å². The van der Waals surface area contributed by atoms with Crippen molar-refractivity contribution < 1.29 is 13.9 Å². The third kappa shape index (κ3) is 4.55. The molecule has 1 unspecified atom stereocenters. The van der Waals surface area contributed by atoms with Gasteiger partial charge in [-0.1, -0.05) is 24.3 Å². The molecule has 3 nitrogen and oxygen atoms in total. The Balaban J connectivity index is 2.18.